The predicted octanol–water partition coefficient (Wildman–Crippen LogP) is 11.7. The molecule has 10 rings (SSSR count). The van der Waals surface area contributed by atoms with E-state index in [-0.39, 0.29) is 0 Å². The molecule has 0 aliphatic heterocycles. The van der Waals surface area contributed by atoms with E-state index in [1.165, 1.54) is 33.1 Å². The van der Waals surface area contributed by atoms with Crippen LogP contribution in [-0.2, 0) is 0 Å². The Bertz CT molecular complexity index is 3030. The van der Waals surface area contributed by atoms with E-state index in [1.54, 1.807) is 0 Å². The maximum absolute atomic E-state index is 10.3. The second kappa shape index (κ2) is 10.4. The van der Waals surface area contributed by atoms with Gasteiger partial charge in [-0.1, -0.05) is 91.0 Å². The summed E-state index contributed by atoms with van der Waals surface area (Å²) < 4.78 is 6.51. The monoisotopic (exact) mass is 640 g/mol. The van der Waals surface area contributed by atoms with Crippen LogP contribution in [0.5, 0.6) is 0 Å². The quantitative estimate of drug-likeness (QED) is 0.193. The average molecular weight is 641 g/mol. The molecule has 3 aromatic heterocycles. The summed E-state index contributed by atoms with van der Waals surface area (Å²) >= 11 is 1.53. The molecule has 49 heavy (non-hydrogen) atoms. The molecule has 10 aromatic rings. The Kier molecular flexibility index (Phi) is 5.84. The van der Waals surface area contributed by atoms with E-state index < -0.39 is 0 Å². The Morgan fingerprint density at radius 1 is 0.429 bits per heavy atom. The minimum Gasteiger partial charge on any atom is -0.309 e. The van der Waals surface area contributed by atoms with Crippen molar-refractivity contribution in [1.29, 1.82) is 10.5 Å². The molecule has 0 aliphatic carbocycles. The van der Waals surface area contributed by atoms with Crippen LogP contribution in [0.2, 0.25) is 0 Å². The summed E-state index contributed by atoms with van der Waals surface area (Å²) in [5, 5.41) is 26.9. The van der Waals surface area contributed by atoms with E-state index in [0.717, 1.165) is 64.5 Å². The molecule has 7 aromatic carbocycles. The third kappa shape index (κ3) is 3.88. The minimum atomic E-state index is 0.628. The van der Waals surface area contributed by atoms with Crippen molar-refractivity contribution in [3.63, 3.8) is 0 Å². The molecule has 0 unspecified atom stereocenters. The molecule has 226 valence electrons. The fourth-order valence-corrected chi connectivity index (χ4v) is 8.93. The summed E-state index contributed by atoms with van der Waals surface area (Å²) in [4.78, 5) is 0. The van der Waals surface area contributed by atoms with Gasteiger partial charge in [0.2, 0.25) is 0 Å². The molecule has 5 heteroatoms. The van der Waals surface area contributed by atoms with Crippen LogP contribution in [0.1, 0.15) is 11.1 Å². The van der Waals surface area contributed by atoms with Crippen molar-refractivity contribution in [1.82, 2.24) is 9.13 Å². The Hall–Kier alpha value is -6.66. The summed E-state index contributed by atoms with van der Waals surface area (Å²) in [7, 11) is 0. The SMILES string of the molecule is N#Cc1cccc2c1sc1c(C#N)cc3c4ccccc4n(-c4cccc(-c5cccc(-n6c7ccccc7c7ccccc76)c5)c4)c3c12. The highest BCUT2D eigenvalue weighted by molar-refractivity contribution is 7.26. The smallest absolute Gasteiger partial charge is 0.101 e. The molecule has 0 aliphatic rings. The third-order valence-corrected chi connectivity index (χ3v) is 11.0. The second-order valence-corrected chi connectivity index (χ2v) is 13.4. The lowest BCUT2D eigenvalue weighted by Crippen LogP contribution is -1.96. The number of rotatable bonds is 3. The number of benzene rings is 7. The van der Waals surface area contributed by atoms with Crippen molar-refractivity contribution in [2.45, 2.75) is 0 Å². The highest BCUT2D eigenvalue weighted by Gasteiger charge is 2.22. The molecule has 0 fully saturated rings. The van der Waals surface area contributed by atoms with Crippen LogP contribution in [0.15, 0.2) is 146 Å². The molecule has 0 atom stereocenters. The van der Waals surface area contributed by atoms with Crippen LogP contribution in [0.3, 0.4) is 0 Å². The first-order valence-electron chi connectivity index (χ1n) is 16.1. The number of para-hydroxylation sites is 3. The predicted molar refractivity (Wildman–Crippen MR) is 203 cm³/mol. The first kappa shape index (κ1) is 27.5. The normalized spacial score (nSPS) is 11.6. The fourth-order valence-electron chi connectivity index (χ4n) is 7.70. The van der Waals surface area contributed by atoms with Gasteiger partial charge in [-0.2, -0.15) is 10.5 Å². The van der Waals surface area contributed by atoms with E-state index in [9.17, 15) is 10.5 Å². The Balaban J connectivity index is 1.23. The molecule has 0 radical (unpaired) electrons. The van der Waals surface area contributed by atoms with Crippen LogP contribution in [0, 0.1) is 22.7 Å². The molecule has 0 saturated carbocycles. The van der Waals surface area contributed by atoms with E-state index in [2.05, 4.69) is 149 Å². The number of hydrogen-bond acceptors (Lipinski definition) is 3. The minimum absolute atomic E-state index is 0.628. The van der Waals surface area contributed by atoms with E-state index in [4.69, 9.17) is 0 Å². The number of thiophene rings is 1. The zero-order valence-electron chi connectivity index (χ0n) is 26.1. The van der Waals surface area contributed by atoms with Crippen LogP contribution in [0.25, 0.3) is 86.3 Å². The number of hydrogen-bond donors (Lipinski definition) is 0. The van der Waals surface area contributed by atoms with Gasteiger partial charge in [0.25, 0.3) is 0 Å². The number of nitriles is 2. The van der Waals surface area contributed by atoms with Gasteiger partial charge in [0, 0.05) is 43.7 Å². The lowest BCUT2D eigenvalue weighted by molar-refractivity contribution is 1.18. The van der Waals surface area contributed by atoms with Gasteiger partial charge in [-0.05, 0) is 65.7 Å². The summed E-state index contributed by atoms with van der Waals surface area (Å²) in [6, 6.07) is 55.8. The van der Waals surface area contributed by atoms with Crippen molar-refractivity contribution >= 4 is 75.1 Å². The molecule has 0 amide bonds. The number of fused-ring (bicyclic) bond motifs is 10. The van der Waals surface area contributed by atoms with Gasteiger partial charge < -0.3 is 9.13 Å². The fraction of sp³-hybridized carbons (Fsp3) is 0. The Labute approximate surface area is 285 Å². The molecule has 0 bridgehead atoms. The number of nitrogens with zero attached hydrogens (tertiary/aromatic N) is 4. The molecule has 4 nitrogen and oxygen atoms in total. The van der Waals surface area contributed by atoms with Crippen molar-refractivity contribution < 1.29 is 0 Å². The molecule has 3 heterocycles. The maximum atomic E-state index is 10.3. The van der Waals surface area contributed by atoms with Gasteiger partial charge in [0.1, 0.15) is 12.1 Å². The molecule has 0 spiro atoms. The highest BCUT2D eigenvalue weighted by Crippen LogP contribution is 2.45. The zero-order valence-corrected chi connectivity index (χ0v) is 26.9. The zero-order chi connectivity index (χ0) is 32.6. The molecular weight excluding hydrogens is 617 g/mol. The van der Waals surface area contributed by atoms with E-state index in [1.807, 2.05) is 18.2 Å². The first-order valence-corrected chi connectivity index (χ1v) is 17.0. The lowest BCUT2D eigenvalue weighted by Gasteiger charge is -2.13. The lowest BCUT2D eigenvalue weighted by atomic mass is 10.0. The molecular formula is C44H24N4S. The summed E-state index contributed by atoms with van der Waals surface area (Å²) in [5.74, 6) is 0. The van der Waals surface area contributed by atoms with E-state index in [0.29, 0.717) is 11.1 Å². The van der Waals surface area contributed by atoms with Crippen LogP contribution in [0.4, 0.5) is 0 Å². The summed E-state index contributed by atoms with van der Waals surface area (Å²) in [5.41, 5.74) is 10.1. The van der Waals surface area contributed by atoms with Crippen molar-refractivity contribution in [3.05, 3.63) is 157 Å². The molecule has 0 N–H and O–H groups in total. The van der Waals surface area contributed by atoms with Crippen molar-refractivity contribution in [2.24, 2.45) is 0 Å². The standard InChI is InChI=1S/C44H24N4S/c45-25-29-12-9-18-36-41-42-37(24-30(26-46)44(41)49-43(29)36)35-17-3-6-21-40(35)48(42)32-14-8-11-28(23-32)27-10-7-13-31(22-27)47-38-19-4-1-15-33(38)34-16-2-5-20-39(34)47/h1-24H. The van der Waals surface area contributed by atoms with Gasteiger partial charge >= 0.3 is 0 Å². The Morgan fingerprint density at radius 3 is 1.55 bits per heavy atom. The van der Waals surface area contributed by atoms with Gasteiger partial charge in [0.15, 0.2) is 0 Å². The summed E-state index contributed by atoms with van der Waals surface area (Å²) in [6.45, 7) is 0. The number of aromatic nitrogens is 2. The van der Waals surface area contributed by atoms with Crippen LogP contribution in [-0.4, -0.2) is 9.13 Å². The highest BCUT2D eigenvalue weighted by atomic mass is 32.1. The van der Waals surface area contributed by atoms with Gasteiger partial charge in [-0.25, -0.2) is 0 Å². The first-order chi connectivity index (χ1) is 24.2. The van der Waals surface area contributed by atoms with Crippen LogP contribution < -0.4 is 0 Å². The van der Waals surface area contributed by atoms with Crippen molar-refractivity contribution in [3.8, 4) is 34.6 Å². The topological polar surface area (TPSA) is 57.4 Å². The maximum Gasteiger partial charge on any atom is 0.101 e. The second-order valence-electron chi connectivity index (χ2n) is 12.4. The summed E-state index contributed by atoms with van der Waals surface area (Å²) in [6.07, 6.45) is 0. The third-order valence-electron chi connectivity index (χ3n) is 9.76. The average Bonchev–Trinajstić information content (AvgIpc) is 3.82. The molecule has 0 saturated heterocycles. The van der Waals surface area contributed by atoms with Crippen molar-refractivity contribution in [2.75, 3.05) is 0 Å². The van der Waals surface area contributed by atoms with E-state index >= 15 is 0 Å². The van der Waals surface area contributed by atoms with Gasteiger partial charge in [-0.15, -0.1) is 11.3 Å². The van der Waals surface area contributed by atoms with Gasteiger partial charge in [-0.3, -0.25) is 0 Å². The Morgan fingerprint density at radius 2 is 0.939 bits per heavy atom. The van der Waals surface area contributed by atoms with Gasteiger partial charge in [0.05, 0.1) is 42.6 Å². The largest absolute Gasteiger partial charge is 0.309 e. The van der Waals surface area contributed by atoms with Crippen LogP contribution >= 0.6 is 11.3 Å².